The van der Waals surface area contributed by atoms with Crippen LogP contribution in [0.1, 0.15) is 33.2 Å². The predicted octanol–water partition coefficient (Wildman–Crippen LogP) is 0.491. The van der Waals surface area contributed by atoms with E-state index in [0.717, 1.165) is 5.75 Å². The number of ketones is 2. The molecule has 0 amide bonds. The van der Waals surface area contributed by atoms with Gasteiger partial charge in [0.2, 0.25) is 12.3 Å². The molecular weight excluding hydrogens is 406 g/mol. The first-order chi connectivity index (χ1) is 12.7. The second-order valence-corrected chi connectivity index (χ2v) is 5.84. The van der Waals surface area contributed by atoms with Crippen molar-refractivity contribution in [2.45, 2.75) is 13.5 Å². The van der Waals surface area contributed by atoms with Gasteiger partial charge in [-0.05, 0) is 37.3 Å². The molecule has 1 heterocycles. The molecular formula is C22H20BrNO3. The number of hydrogen-bond acceptors (Lipinski definition) is 3. The SMILES string of the molecule is CCOc1ccc(C(=O)C[n+]2cccc(C(=O)c3ccccc3)c2)cc1.[Br-]. The van der Waals surface area contributed by atoms with Crippen molar-refractivity contribution in [2.24, 2.45) is 0 Å². The van der Waals surface area contributed by atoms with E-state index in [2.05, 4.69) is 0 Å². The third-order valence-corrected chi connectivity index (χ3v) is 3.97. The minimum absolute atomic E-state index is 0. The molecule has 0 bridgehead atoms. The van der Waals surface area contributed by atoms with Crippen LogP contribution in [0.25, 0.3) is 0 Å². The standard InChI is InChI=1S/C22H20NO3.BrH/c1-2-26-20-12-10-17(11-13-20)21(24)16-23-14-6-9-19(15-23)22(25)18-7-4-3-5-8-18;/h3-15H,2,16H2,1H3;1H/q+1;/p-1. The summed E-state index contributed by atoms with van der Waals surface area (Å²) in [7, 11) is 0. The van der Waals surface area contributed by atoms with Gasteiger partial charge < -0.3 is 21.7 Å². The van der Waals surface area contributed by atoms with E-state index in [1.165, 1.54) is 0 Å². The highest BCUT2D eigenvalue weighted by atomic mass is 79.9. The largest absolute Gasteiger partial charge is 1.00 e. The van der Waals surface area contributed by atoms with Crippen LogP contribution >= 0.6 is 0 Å². The van der Waals surface area contributed by atoms with E-state index in [4.69, 9.17) is 4.74 Å². The first kappa shape index (κ1) is 20.5. The Hall–Kier alpha value is -2.79. The number of ether oxygens (including phenoxy) is 1. The Labute approximate surface area is 169 Å². The highest BCUT2D eigenvalue weighted by Crippen LogP contribution is 2.13. The number of halogens is 1. The zero-order chi connectivity index (χ0) is 18.4. The Morgan fingerprint density at radius 2 is 1.52 bits per heavy atom. The van der Waals surface area contributed by atoms with Crippen molar-refractivity contribution in [1.82, 2.24) is 0 Å². The topological polar surface area (TPSA) is 47.2 Å². The van der Waals surface area contributed by atoms with Crippen molar-refractivity contribution in [3.63, 3.8) is 0 Å². The number of carbonyl (C=O) groups is 2. The van der Waals surface area contributed by atoms with Gasteiger partial charge in [-0.2, -0.15) is 4.57 Å². The van der Waals surface area contributed by atoms with Crippen molar-refractivity contribution in [3.05, 3.63) is 95.8 Å². The van der Waals surface area contributed by atoms with Crippen molar-refractivity contribution in [2.75, 3.05) is 6.61 Å². The van der Waals surface area contributed by atoms with Gasteiger partial charge in [-0.3, -0.25) is 9.59 Å². The maximum absolute atomic E-state index is 12.5. The van der Waals surface area contributed by atoms with E-state index in [0.29, 0.717) is 23.3 Å². The summed E-state index contributed by atoms with van der Waals surface area (Å²) in [4.78, 5) is 25.0. The number of Topliss-reactive ketones (excluding diaryl/α,β-unsaturated/α-hetero) is 1. The number of pyridine rings is 1. The molecule has 3 rings (SSSR count). The lowest BCUT2D eigenvalue weighted by atomic mass is 10.1. The van der Waals surface area contributed by atoms with Gasteiger partial charge in [0.05, 0.1) is 12.2 Å². The van der Waals surface area contributed by atoms with Crippen molar-refractivity contribution in [1.29, 1.82) is 0 Å². The second-order valence-electron chi connectivity index (χ2n) is 5.84. The van der Waals surface area contributed by atoms with E-state index in [1.807, 2.05) is 25.1 Å². The molecule has 0 radical (unpaired) electrons. The monoisotopic (exact) mass is 425 g/mol. The quantitative estimate of drug-likeness (QED) is 0.408. The molecule has 0 saturated heterocycles. The van der Waals surface area contributed by atoms with E-state index in [9.17, 15) is 9.59 Å². The summed E-state index contributed by atoms with van der Waals surface area (Å²) in [5.74, 6) is 0.656. The number of nitrogens with zero attached hydrogens (tertiary/aromatic N) is 1. The van der Waals surface area contributed by atoms with Crippen LogP contribution in [0.4, 0.5) is 0 Å². The van der Waals surface area contributed by atoms with Gasteiger partial charge in [0, 0.05) is 17.2 Å². The lowest BCUT2D eigenvalue weighted by Crippen LogP contribution is -3.00. The molecule has 0 N–H and O–H groups in total. The van der Waals surface area contributed by atoms with Crippen molar-refractivity contribution in [3.8, 4) is 5.75 Å². The van der Waals surface area contributed by atoms with E-state index >= 15 is 0 Å². The summed E-state index contributed by atoms with van der Waals surface area (Å²) in [5.41, 5.74) is 1.79. The van der Waals surface area contributed by atoms with Gasteiger partial charge >= 0.3 is 0 Å². The van der Waals surface area contributed by atoms with Gasteiger partial charge in [-0.1, -0.05) is 30.3 Å². The third kappa shape index (κ3) is 5.34. The van der Waals surface area contributed by atoms with Crippen LogP contribution in [0, 0.1) is 0 Å². The normalized spacial score (nSPS) is 9.96. The average Bonchev–Trinajstić information content (AvgIpc) is 2.69. The lowest BCUT2D eigenvalue weighted by molar-refractivity contribution is -0.683. The molecule has 138 valence electrons. The Bertz CT molecular complexity index is 908. The maximum atomic E-state index is 12.5. The molecule has 0 aliphatic rings. The molecule has 0 spiro atoms. The molecule has 0 aliphatic heterocycles. The number of hydrogen-bond donors (Lipinski definition) is 0. The fourth-order valence-corrected chi connectivity index (χ4v) is 2.67. The Kier molecular flexibility index (Phi) is 7.44. The van der Waals surface area contributed by atoms with Crippen LogP contribution in [0.15, 0.2) is 79.1 Å². The molecule has 0 unspecified atom stereocenters. The summed E-state index contributed by atoms with van der Waals surface area (Å²) < 4.78 is 7.12. The van der Waals surface area contributed by atoms with Crippen molar-refractivity contribution < 1.29 is 35.9 Å². The minimum Gasteiger partial charge on any atom is -1.00 e. The summed E-state index contributed by atoms with van der Waals surface area (Å²) in [6.45, 7) is 2.68. The Morgan fingerprint density at radius 1 is 0.852 bits per heavy atom. The van der Waals surface area contributed by atoms with Crippen LogP contribution in [0.3, 0.4) is 0 Å². The summed E-state index contributed by atoms with van der Waals surface area (Å²) in [6.07, 6.45) is 3.50. The predicted molar refractivity (Wildman–Crippen MR) is 98.5 cm³/mol. The number of rotatable bonds is 7. The molecule has 3 aromatic rings. The van der Waals surface area contributed by atoms with E-state index in [1.54, 1.807) is 65.5 Å². The minimum atomic E-state index is -0.0616. The van der Waals surface area contributed by atoms with Gasteiger partial charge in [0.25, 0.3) is 0 Å². The fourth-order valence-electron chi connectivity index (χ4n) is 2.67. The summed E-state index contributed by atoms with van der Waals surface area (Å²) >= 11 is 0. The van der Waals surface area contributed by atoms with Crippen LogP contribution < -0.4 is 26.3 Å². The van der Waals surface area contributed by atoms with Crippen LogP contribution in [0.5, 0.6) is 5.75 Å². The van der Waals surface area contributed by atoms with Crippen LogP contribution in [0.2, 0.25) is 0 Å². The molecule has 2 aromatic carbocycles. The molecule has 0 aliphatic carbocycles. The molecule has 0 saturated carbocycles. The van der Waals surface area contributed by atoms with E-state index < -0.39 is 0 Å². The van der Waals surface area contributed by atoms with Gasteiger partial charge in [0.15, 0.2) is 18.2 Å². The maximum Gasteiger partial charge on any atom is 0.227 e. The summed E-state index contributed by atoms with van der Waals surface area (Å²) in [5, 5.41) is 0. The lowest BCUT2D eigenvalue weighted by Gasteiger charge is -2.04. The molecule has 4 nitrogen and oxygen atoms in total. The fraction of sp³-hybridized carbons (Fsp3) is 0.136. The zero-order valence-corrected chi connectivity index (χ0v) is 16.6. The first-order valence-electron chi connectivity index (χ1n) is 8.52. The number of aromatic nitrogens is 1. The van der Waals surface area contributed by atoms with Crippen molar-refractivity contribution >= 4 is 11.6 Å². The first-order valence-corrected chi connectivity index (χ1v) is 8.52. The summed E-state index contributed by atoms with van der Waals surface area (Å²) in [6, 6.07) is 19.7. The second kappa shape index (κ2) is 9.78. The van der Waals surface area contributed by atoms with Gasteiger partial charge in [-0.15, -0.1) is 0 Å². The highest BCUT2D eigenvalue weighted by molar-refractivity contribution is 6.08. The van der Waals surface area contributed by atoms with Crippen LogP contribution in [-0.4, -0.2) is 18.2 Å². The molecule has 0 fully saturated rings. The smallest absolute Gasteiger partial charge is 0.227 e. The molecule has 27 heavy (non-hydrogen) atoms. The van der Waals surface area contributed by atoms with E-state index in [-0.39, 0.29) is 35.1 Å². The third-order valence-electron chi connectivity index (χ3n) is 3.97. The molecule has 1 aromatic heterocycles. The Morgan fingerprint density at radius 3 is 2.19 bits per heavy atom. The molecule has 5 heteroatoms. The zero-order valence-electron chi connectivity index (χ0n) is 15.0. The Balaban J connectivity index is 0.00000261. The highest BCUT2D eigenvalue weighted by Gasteiger charge is 2.16. The molecule has 0 atom stereocenters. The number of carbonyl (C=O) groups excluding carboxylic acids is 2. The van der Waals surface area contributed by atoms with Crippen LogP contribution in [-0.2, 0) is 6.54 Å². The van der Waals surface area contributed by atoms with Gasteiger partial charge in [-0.25, -0.2) is 0 Å². The average molecular weight is 426 g/mol. The number of benzene rings is 2. The van der Waals surface area contributed by atoms with Gasteiger partial charge in [0.1, 0.15) is 5.75 Å².